The van der Waals surface area contributed by atoms with Gasteiger partial charge in [0.2, 0.25) is 0 Å². The predicted octanol–water partition coefficient (Wildman–Crippen LogP) is 0.236. The van der Waals surface area contributed by atoms with Gasteiger partial charge < -0.3 is 9.47 Å². The fourth-order valence-corrected chi connectivity index (χ4v) is 0.314. The molecule has 0 N–H and O–H groups in total. The third-order valence-electron chi connectivity index (χ3n) is 0.632. The van der Waals surface area contributed by atoms with Gasteiger partial charge in [0.15, 0.2) is 0 Å². The third-order valence-corrected chi connectivity index (χ3v) is 0.632. The Kier molecular flexibility index (Phi) is 3.95. The molecular formula is C6H8O4. The number of carbonyl (C=O) groups is 2. The number of rotatable bonds is 2. The molecule has 0 unspecified atom stereocenters. The van der Waals surface area contributed by atoms with Gasteiger partial charge in [-0.2, -0.15) is 0 Å². The topological polar surface area (TPSA) is 52.6 Å². The Balaban J connectivity index is 3.70. The third kappa shape index (κ3) is 2.86. The predicted molar refractivity (Wildman–Crippen MR) is 32.9 cm³/mol. The minimum absolute atomic E-state index is 0.158. The summed E-state index contributed by atoms with van der Waals surface area (Å²) in [6.07, 6.45) is 0.874. The van der Waals surface area contributed by atoms with Crippen molar-refractivity contribution in [3.63, 3.8) is 0 Å². The van der Waals surface area contributed by atoms with Crippen LogP contribution in [0.2, 0.25) is 0 Å². The van der Waals surface area contributed by atoms with Gasteiger partial charge in [0, 0.05) is 0 Å². The Hall–Kier alpha value is -1.32. The zero-order valence-electron chi connectivity index (χ0n) is 5.62. The van der Waals surface area contributed by atoms with Crippen LogP contribution in [0.4, 0.5) is 0 Å². The van der Waals surface area contributed by atoms with Crippen molar-refractivity contribution in [3.05, 3.63) is 12.8 Å². The van der Waals surface area contributed by atoms with Crippen LogP contribution in [0.15, 0.2) is 12.8 Å². The van der Waals surface area contributed by atoms with Crippen LogP contribution in [0, 0.1) is 0 Å². The molecule has 0 saturated heterocycles. The molecule has 4 heteroatoms. The van der Waals surface area contributed by atoms with E-state index in [1.54, 1.807) is 6.92 Å². The molecule has 0 spiro atoms. The van der Waals surface area contributed by atoms with Crippen LogP contribution in [-0.2, 0) is 19.1 Å². The van der Waals surface area contributed by atoms with Crippen molar-refractivity contribution in [1.82, 2.24) is 0 Å². The van der Waals surface area contributed by atoms with Gasteiger partial charge in [0.05, 0.1) is 12.9 Å². The molecule has 0 atom stereocenters. The first kappa shape index (κ1) is 8.68. The highest BCUT2D eigenvalue weighted by molar-refractivity contribution is 6.29. The van der Waals surface area contributed by atoms with Gasteiger partial charge in [0.1, 0.15) is 0 Å². The minimum Gasteiger partial charge on any atom is -0.458 e. The Morgan fingerprint density at radius 2 is 2.10 bits per heavy atom. The minimum atomic E-state index is -1.04. The largest absolute Gasteiger partial charge is 0.458 e. The van der Waals surface area contributed by atoms with E-state index in [1.807, 2.05) is 0 Å². The van der Waals surface area contributed by atoms with E-state index in [0.717, 1.165) is 6.26 Å². The van der Waals surface area contributed by atoms with E-state index < -0.39 is 11.9 Å². The molecule has 0 aliphatic heterocycles. The summed E-state index contributed by atoms with van der Waals surface area (Å²) in [7, 11) is 0. The first-order chi connectivity index (χ1) is 4.72. The van der Waals surface area contributed by atoms with Crippen molar-refractivity contribution in [2.45, 2.75) is 6.92 Å². The molecule has 0 aromatic carbocycles. The number of ether oxygens (including phenoxy) is 2. The molecule has 10 heavy (non-hydrogen) atoms. The highest BCUT2D eigenvalue weighted by Crippen LogP contribution is 1.83. The number of hydrogen-bond donors (Lipinski definition) is 0. The van der Waals surface area contributed by atoms with Gasteiger partial charge in [-0.3, -0.25) is 0 Å². The SMILES string of the molecule is C=COC(=O)C(=O)OCC. The summed E-state index contributed by atoms with van der Waals surface area (Å²) in [6, 6.07) is 0. The van der Waals surface area contributed by atoms with Crippen molar-refractivity contribution in [2.75, 3.05) is 6.61 Å². The van der Waals surface area contributed by atoms with Crippen LogP contribution in [0.1, 0.15) is 6.92 Å². The molecule has 0 aromatic heterocycles. The molecule has 4 nitrogen and oxygen atoms in total. The lowest BCUT2D eigenvalue weighted by atomic mass is 10.7. The average Bonchev–Trinajstić information content (AvgIpc) is 1.89. The Labute approximate surface area is 58.4 Å². The number of carbonyl (C=O) groups excluding carboxylic acids is 2. The molecule has 0 aliphatic rings. The van der Waals surface area contributed by atoms with Crippen LogP contribution in [0.5, 0.6) is 0 Å². The van der Waals surface area contributed by atoms with E-state index in [4.69, 9.17) is 0 Å². The zero-order valence-corrected chi connectivity index (χ0v) is 5.62. The highest BCUT2D eigenvalue weighted by atomic mass is 16.6. The maximum Gasteiger partial charge on any atom is 0.422 e. The first-order valence-corrected chi connectivity index (χ1v) is 2.71. The van der Waals surface area contributed by atoms with Gasteiger partial charge in [-0.15, -0.1) is 0 Å². The molecule has 0 fully saturated rings. The molecular weight excluding hydrogens is 136 g/mol. The highest BCUT2D eigenvalue weighted by Gasteiger charge is 2.14. The maximum atomic E-state index is 10.4. The van der Waals surface area contributed by atoms with Crippen LogP contribution in [0.3, 0.4) is 0 Å². The van der Waals surface area contributed by atoms with Gasteiger partial charge in [0.25, 0.3) is 0 Å². The van der Waals surface area contributed by atoms with Gasteiger partial charge >= 0.3 is 11.9 Å². The summed E-state index contributed by atoms with van der Waals surface area (Å²) in [6.45, 7) is 4.85. The second-order valence-corrected chi connectivity index (χ2v) is 1.29. The Morgan fingerprint density at radius 3 is 2.50 bits per heavy atom. The van der Waals surface area contributed by atoms with Crippen LogP contribution >= 0.6 is 0 Å². The summed E-state index contributed by atoms with van der Waals surface area (Å²) in [5, 5.41) is 0. The van der Waals surface area contributed by atoms with Crippen molar-refractivity contribution in [2.24, 2.45) is 0 Å². The fraction of sp³-hybridized carbons (Fsp3) is 0.333. The van der Waals surface area contributed by atoms with E-state index in [9.17, 15) is 9.59 Å². The fourth-order valence-electron chi connectivity index (χ4n) is 0.314. The monoisotopic (exact) mass is 144 g/mol. The summed E-state index contributed by atoms with van der Waals surface area (Å²) < 4.78 is 8.40. The summed E-state index contributed by atoms with van der Waals surface area (Å²) in [5.41, 5.74) is 0. The summed E-state index contributed by atoms with van der Waals surface area (Å²) >= 11 is 0. The van der Waals surface area contributed by atoms with E-state index in [0.29, 0.717) is 0 Å². The number of esters is 2. The lowest BCUT2D eigenvalue weighted by Gasteiger charge is -1.96. The Bertz CT molecular complexity index is 150. The van der Waals surface area contributed by atoms with Crippen molar-refractivity contribution in [3.8, 4) is 0 Å². The lowest BCUT2D eigenvalue weighted by Crippen LogP contribution is -2.17. The van der Waals surface area contributed by atoms with Crippen LogP contribution < -0.4 is 0 Å². The molecule has 56 valence electrons. The van der Waals surface area contributed by atoms with E-state index in [2.05, 4.69) is 16.1 Å². The second kappa shape index (κ2) is 4.55. The molecule has 0 rings (SSSR count). The van der Waals surface area contributed by atoms with Gasteiger partial charge in [-0.1, -0.05) is 6.58 Å². The Morgan fingerprint density at radius 1 is 1.50 bits per heavy atom. The van der Waals surface area contributed by atoms with E-state index in [1.165, 1.54) is 0 Å². The molecule has 0 aliphatic carbocycles. The summed E-state index contributed by atoms with van der Waals surface area (Å²) in [4.78, 5) is 20.8. The molecule has 0 amide bonds. The number of hydrogen-bond acceptors (Lipinski definition) is 4. The van der Waals surface area contributed by atoms with Crippen LogP contribution in [-0.4, -0.2) is 18.5 Å². The smallest absolute Gasteiger partial charge is 0.422 e. The van der Waals surface area contributed by atoms with Crippen molar-refractivity contribution < 1.29 is 19.1 Å². The normalized spacial score (nSPS) is 8.10. The molecule has 0 aromatic rings. The van der Waals surface area contributed by atoms with Crippen molar-refractivity contribution >= 4 is 11.9 Å². The maximum absolute atomic E-state index is 10.4. The average molecular weight is 144 g/mol. The molecule has 0 bridgehead atoms. The standard InChI is InChI=1S/C6H8O4/c1-3-9-5(7)6(8)10-4-2/h3H,1,4H2,2H3. The lowest BCUT2D eigenvalue weighted by molar-refractivity contribution is -0.164. The first-order valence-electron chi connectivity index (χ1n) is 2.71. The summed E-state index contributed by atoms with van der Waals surface area (Å²) in [5.74, 6) is -2.04. The van der Waals surface area contributed by atoms with Crippen molar-refractivity contribution in [1.29, 1.82) is 0 Å². The van der Waals surface area contributed by atoms with Gasteiger partial charge in [-0.05, 0) is 6.92 Å². The molecule has 0 heterocycles. The van der Waals surface area contributed by atoms with Crippen LogP contribution in [0.25, 0.3) is 0 Å². The van der Waals surface area contributed by atoms with Gasteiger partial charge in [-0.25, -0.2) is 9.59 Å². The molecule has 0 saturated carbocycles. The molecule has 0 radical (unpaired) electrons. The zero-order chi connectivity index (χ0) is 7.98. The second-order valence-electron chi connectivity index (χ2n) is 1.29. The quantitative estimate of drug-likeness (QED) is 0.316. The van der Waals surface area contributed by atoms with E-state index in [-0.39, 0.29) is 6.61 Å². The van der Waals surface area contributed by atoms with E-state index >= 15 is 0 Å².